The quantitative estimate of drug-likeness (QED) is 0.612. The van der Waals surface area contributed by atoms with Gasteiger partial charge in [0.2, 0.25) is 0 Å². The fraction of sp³-hybridized carbons (Fsp3) is 0.273. The monoisotopic (exact) mass is 405 g/mol. The Morgan fingerprint density at radius 2 is 2.03 bits per heavy atom. The van der Waals surface area contributed by atoms with E-state index in [2.05, 4.69) is 31.5 Å². The third-order valence-corrected chi connectivity index (χ3v) is 5.09. The van der Waals surface area contributed by atoms with Crippen LogP contribution in [0.1, 0.15) is 44.5 Å². The van der Waals surface area contributed by atoms with Crippen molar-refractivity contribution >= 4 is 17.6 Å². The van der Waals surface area contributed by atoms with Gasteiger partial charge in [-0.15, -0.1) is 0 Å². The van der Waals surface area contributed by atoms with Gasteiger partial charge in [-0.05, 0) is 48.7 Å². The molecule has 0 unspecified atom stereocenters. The second kappa shape index (κ2) is 8.87. The largest absolute Gasteiger partial charge is 0.461 e. The molecule has 30 heavy (non-hydrogen) atoms. The van der Waals surface area contributed by atoms with Gasteiger partial charge in [-0.2, -0.15) is 5.10 Å². The number of H-pyrrole nitrogens is 1. The number of nitrogens with zero attached hydrogens (tertiary/aromatic N) is 3. The molecule has 1 aliphatic rings. The number of hydrogen-bond acceptors (Lipinski definition) is 6. The predicted molar refractivity (Wildman–Crippen MR) is 111 cm³/mol. The Morgan fingerprint density at radius 1 is 1.20 bits per heavy atom. The number of carbonyl (C=O) groups is 2. The highest BCUT2D eigenvalue weighted by Gasteiger charge is 2.21. The standard InChI is InChI=1S/C22H23N5O3/c1-2-30-22(29)20-18(12-24-26-20)14-27-10-7-15-3-4-19(11-17(15)13-27)25-21(28)16-5-8-23-9-6-16/h3-6,8-9,11-12H,2,7,10,13-14H2,1H3,(H,24,26)(H,25,28). The molecule has 1 aliphatic heterocycles. The van der Waals surface area contributed by atoms with Crippen LogP contribution in [0.15, 0.2) is 48.9 Å². The Morgan fingerprint density at radius 3 is 2.83 bits per heavy atom. The maximum absolute atomic E-state index is 12.4. The van der Waals surface area contributed by atoms with Crippen molar-refractivity contribution in [1.29, 1.82) is 0 Å². The number of rotatable bonds is 6. The third kappa shape index (κ3) is 4.38. The van der Waals surface area contributed by atoms with E-state index < -0.39 is 0 Å². The molecule has 0 saturated heterocycles. The molecule has 8 nitrogen and oxygen atoms in total. The first-order valence-corrected chi connectivity index (χ1v) is 9.89. The number of aromatic amines is 1. The van der Waals surface area contributed by atoms with E-state index in [9.17, 15) is 9.59 Å². The number of amides is 1. The molecule has 154 valence electrons. The number of benzene rings is 1. The summed E-state index contributed by atoms with van der Waals surface area (Å²) < 4.78 is 5.09. The lowest BCUT2D eigenvalue weighted by atomic mass is 9.98. The van der Waals surface area contributed by atoms with Crippen LogP contribution in [0.4, 0.5) is 5.69 Å². The van der Waals surface area contributed by atoms with Gasteiger partial charge in [-0.1, -0.05) is 6.07 Å². The van der Waals surface area contributed by atoms with Crippen LogP contribution in [0.5, 0.6) is 0 Å². The van der Waals surface area contributed by atoms with Crippen molar-refractivity contribution in [2.24, 2.45) is 0 Å². The zero-order valence-electron chi connectivity index (χ0n) is 16.7. The molecule has 0 saturated carbocycles. The lowest BCUT2D eigenvalue weighted by Gasteiger charge is -2.29. The lowest BCUT2D eigenvalue weighted by molar-refractivity contribution is 0.0516. The first-order chi connectivity index (χ1) is 14.6. The summed E-state index contributed by atoms with van der Waals surface area (Å²) in [5.41, 5.74) is 4.98. The van der Waals surface area contributed by atoms with Crippen LogP contribution in [-0.2, 0) is 24.2 Å². The minimum atomic E-state index is -0.386. The summed E-state index contributed by atoms with van der Waals surface area (Å²) in [6.45, 7) is 4.30. The van der Waals surface area contributed by atoms with Crippen LogP contribution in [0.2, 0.25) is 0 Å². The first kappa shape index (κ1) is 19.8. The molecule has 4 rings (SSSR count). The summed E-state index contributed by atoms with van der Waals surface area (Å²) >= 11 is 0. The second-order valence-electron chi connectivity index (χ2n) is 7.12. The minimum absolute atomic E-state index is 0.164. The summed E-state index contributed by atoms with van der Waals surface area (Å²) in [6, 6.07) is 9.38. The van der Waals surface area contributed by atoms with E-state index in [0.29, 0.717) is 24.4 Å². The van der Waals surface area contributed by atoms with Crippen molar-refractivity contribution in [2.75, 3.05) is 18.5 Å². The van der Waals surface area contributed by atoms with Crippen LogP contribution >= 0.6 is 0 Å². The van der Waals surface area contributed by atoms with Gasteiger partial charge in [0.05, 0.1) is 12.8 Å². The zero-order chi connectivity index (χ0) is 20.9. The smallest absolute Gasteiger partial charge is 0.356 e. The summed E-state index contributed by atoms with van der Waals surface area (Å²) in [6.07, 6.45) is 5.77. The Bertz CT molecular complexity index is 1050. The molecule has 0 atom stereocenters. The van der Waals surface area contributed by atoms with Gasteiger partial charge in [0.25, 0.3) is 5.91 Å². The number of hydrogen-bond donors (Lipinski definition) is 2. The fourth-order valence-corrected chi connectivity index (χ4v) is 3.59. The zero-order valence-corrected chi connectivity index (χ0v) is 16.7. The molecule has 1 amide bonds. The molecule has 3 heterocycles. The van der Waals surface area contributed by atoms with E-state index in [4.69, 9.17) is 4.74 Å². The molecule has 1 aromatic carbocycles. The average molecular weight is 405 g/mol. The molecular formula is C22H23N5O3. The number of fused-ring (bicyclic) bond motifs is 1. The Labute approximate surface area is 174 Å². The van der Waals surface area contributed by atoms with E-state index in [1.165, 1.54) is 5.56 Å². The number of anilines is 1. The van der Waals surface area contributed by atoms with Gasteiger partial charge in [0.1, 0.15) is 5.69 Å². The van der Waals surface area contributed by atoms with Crippen molar-refractivity contribution in [3.63, 3.8) is 0 Å². The Hall–Kier alpha value is -3.52. The molecule has 2 N–H and O–H groups in total. The highest BCUT2D eigenvalue weighted by Crippen LogP contribution is 2.24. The van der Waals surface area contributed by atoms with Crippen molar-refractivity contribution < 1.29 is 14.3 Å². The van der Waals surface area contributed by atoms with Gasteiger partial charge in [-0.3, -0.25) is 19.8 Å². The number of nitrogens with one attached hydrogen (secondary N) is 2. The van der Waals surface area contributed by atoms with Crippen LogP contribution in [-0.4, -0.2) is 45.1 Å². The first-order valence-electron chi connectivity index (χ1n) is 9.89. The predicted octanol–water partition coefficient (Wildman–Crippen LogP) is 2.79. The maximum atomic E-state index is 12.4. The Kier molecular flexibility index (Phi) is 5.85. The number of aromatic nitrogens is 3. The molecule has 0 bridgehead atoms. The highest BCUT2D eigenvalue weighted by atomic mass is 16.5. The van der Waals surface area contributed by atoms with E-state index in [0.717, 1.165) is 36.3 Å². The molecule has 0 aliphatic carbocycles. The Balaban J connectivity index is 1.45. The minimum Gasteiger partial charge on any atom is -0.461 e. The lowest BCUT2D eigenvalue weighted by Crippen LogP contribution is -2.30. The van der Waals surface area contributed by atoms with E-state index >= 15 is 0 Å². The van der Waals surface area contributed by atoms with Crippen LogP contribution in [0.25, 0.3) is 0 Å². The van der Waals surface area contributed by atoms with Crippen LogP contribution in [0, 0.1) is 0 Å². The van der Waals surface area contributed by atoms with E-state index in [1.54, 1.807) is 37.6 Å². The normalized spacial score (nSPS) is 13.5. The summed E-state index contributed by atoms with van der Waals surface area (Å²) in [4.78, 5) is 30.7. The average Bonchev–Trinajstić information content (AvgIpc) is 3.22. The van der Waals surface area contributed by atoms with Gasteiger partial charge < -0.3 is 10.1 Å². The molecule has 0 spiro atoms. The fourth-order valence-electron chi connectivity index (χ4n) is 3.59. The van der Waals surface area contributed by atoms with Gasteiger partial charge in [0.15, 0.2) is 0 Å². The number of carbonyl (C=O) groups excluding carboxylic acids is 2. The van der Waals surface area contributed by atoms with Crippen molar-refractivity contribution in [3.05, 3.63) is 76.9 Å². The number of pyridine rings is 1. The summed E-state index contributed by atoms with van der Waals surface area (Å²) in [5, 5.41) is 9.69. The van der Waals surface area contributed by atoms with Crippen LogP contribution in [0.3, 0.4) is 0 Å². The molecule has 8 heteroatoms. The SMILES string of the molecule is CCOC(=O)c1[nH]ncc1CN1CCc2ccc(NC(=O)c3ccncc3)cc2C1. The molecular weight excluding hydrogens is 382 g/mol. The van der Waals surface area contributed by atoms with Gasteiger partial charge in [0, 0.05) is 48.8 Å². The third-order valence-electron chi connectivity index (χ3n) is 5.09. The van der Waals surface area contributed by atoms with Gasteiger partial charge >= 0.3 is 5.97 Å². The second-order valence-corrected chi connectivity index (χ2v) is 7.12. The topological polar surface area (TPSA) is 100 Å². The van der Waals surface area contributed by atoms with E-state index in [1.807, 2.05) is 12.1 Å². The number of esters is 1. The van der Waals surface area contributed by atoms with Crippen molar-refractivity contribution in [1.82, 2.24) is 20.1 Å². The molecule has 3 aromatic rings. The van der Waals surface area contributed by atoms with E-state index in [-0.39, 0.29) is 11.9 Å². The molecule has 0 fully saturated rings. The summed E-state index contributed by atoms with van der Waals surface area (Å²) in [7, 11) is 0. The van der Waals surface area contributed by atoms with Crippen molar-refractivity contribution in [3.8, 4) is 0 Å². The van der Waals surface area contributed by atoms with Crippen molar-refractivity contribution in [2.45, 2.75) is 26.4 Å². The summed E-state index contributed by atoms with van der Waals surface area (Å²) in [5.74, 6) is -0.550. The number of ether oxygens (including phenoxy) is 1. The highest BCUT2D eigenvalue weighted by molar-refractivity contribution is 6.04. The van der Waals surface area contributed by atoms with Crippen LogP contribution < -0.4 is 5.32 Å². The molecule has 2 aromatic heterocycles. The maximum Gasteiger partial charge on any atom is 0.356 e. The molecule has 0 radical (unpaired) electrons. The van der Waals surface area contributed by atoms with Gasteiger partial charge in [-0.25, -0.2) is 4.79 Å².